The lowest BCUT2D eigenvalue weighted by Crippen LogP contribution is -2.58. The van der Waals surface area contributed by atoms with Gasteiger partial charge in [-0.2, -0.15) is 0 Å². The second-order valence-corrected chi connectivity index (χ2v) is 15.7. The molecule has 0 aliphatic carbocycles. The second kappa shape index (κ2) is 8.51. The van der Waals surface area contributed by atoms with Crippen LogP contribution in [0.15, 0.2) is 153 Å². The minimum atomic E-state index is 0.222. The minimum absolute atomic E-state index is 0.222. The van der Waals surface area contributed by atoms with E-state index >= 15 is 0 Å². The molecule has 0 saturated heterocycles. The van der Waals surface area contributed by atoms with E-state index in [1.807, 2.05) is 23.5 Å². The van der Waals surface area contributed by atoms with Crippen LogP contribution in [0, 0.1) is 0 Å². The molecule has 218 valence electrons. The fourth-order valence-electron chi connectivity index (χ4n) is 9.73. The standard InChI is InChI=1S/C42H22B2N2S2/c1-4-14-30-26(10-1)43-27-11-2-5-16-33(27)48-36-22-20-24-23-19-21-31-37(41(23)46(30)42(24)39(36)43)25-9-7-13-29-40(25)45(31)32-15-8-18-35-38(32)44(29)28-12-3-6-17-34(28)47-35/h1-22H. The van der Waals surface area contributed by atoms with Crippen molar-refractivity contribution >= 4 is 113 Å². The molecule has 7 aromatic carbocycles. The van der Waals surface area contributed by atoms with Crippen LogP contribution in [0.2, 0.25) is 0 Å². The van der Waals surface area contributed by atoms with Crippen LogP contribution >= 0.6 is 23.5 Å². The number of aromatic nitrogens is 2. The monoisotopic (exact) mass is 640 g/mol. The topological polar surface area (TPSA) is 9.86 Å². The molecular formula is C42H22B2N2S2. The summed E-state index contributed by atoms with van der Waals surface area (Å²) in [4.78, 5) is 5.49. The molecule has 0 atom stereocenters. The van der Waals surface area contributed by atoms with E-state index in [0.717, 1.165) is 0 Å². The normalized spacial score (nSPS) is 14.4. The number of para-hydroxylation sites is 2. The predicted octanol–water partition coefficient (Wildman–Crippen LogP) is 6.47. The highest BCUT2D eigenvalue weighted by Crippen LogP contribution is 2.45. The Labute approximate surface area is 285 Å². The van der Waals surface area contributed by atoms with E-state index in [4.69, 9.17) is 0 Å². The van der Waals surface area contributed by atoms with Gasteiger partial charge in [0, 0.05) is 58.0 Å². The van der Waals surface area contributed by atoms with E-state index in [1.165, 1.54) is 107 Å². The maximum atomic E-state index is 2.64. The van der Waals surface area contributed by atoms with Gasteiger partial charge in [-0.3, -0.25) is 0 Å². The van der Waals surface area contributed by atoms with Crippen LogP contribution < -0.4 is 32.8 Å². The molecule has 4 aliphatic rings. The van der Waals surface area contributed by atoms with Crippen molar-refractivity contribution in [3.63, 3.8) is 0 Å². The van der Waals surface area contributed by atoms with Crippen LogP contribution in [-0.4, -0.2) is 22.6 Å². The molecule has 0 N–H and O–H groups in total. The third kappa shape index (κ3) is 2.76. The molecular weight excluding hydrogens is 618 g/mol. The SMILES string of the molecule is c1ccc2c(c1)Sc1cccc3c1B2c1cccc2c4c(ccc5c6ccc7c8c6n(c54)-c4ccccc4B8c4ccccc4S7)n-3c12. The summed E-state index contributed by atoms with van der Waals surface area (Å²) in [6, 6.07) is 50.8. The first-order valence-electron chi connectivity index (χ1n) is 16.7. The van der Waals surface area contributed by atoms with Crippen molar-refractivity contribution in [2.45, 2.75) is 19.6 Å². The Morgan fingerprint density at radius 1 is 0.375 bits per heavy atom. The molecule has 0 unspecified atom stereocenters. The first-order valence-corrected chi connectivity index (χ1v) is 18.3. The highest BCUT2D eigenvalue weighted by molar-refractivity contribution is 8.00. The highest BCUT2D eigenvalue weighted by Gasteiger charge is 2.42. The molecule has 9 aromatic rings. The van der Waals surface area contributed by atoms with Gasteiger partial charge in [0.05, 0.1) is 16.6 Å². The Bertz CT molecular complexity index is 2990. The third-order valence-electron chi connectivity index (χ3n) is 11.4. The zero-order valence-corrected chi connectivity index (χ0v) is 27.2. The van der Waals surface area contributed by atoms with Gasteiger partial charge in [0.2, 0.25) is 13.4 Å². The summed E-state index contributed by atoms with van der Waals surface area (Å²) in [5.41, 5.74) is 16.5. The molecule has 2 nitrogen and oxygen atoms in total. The van der Waals surface area contributed by atoms with E-state index in [0.29, 0.717) is 0 Å². The van der Waals surface area contributed by atoms with Crippen molar-refractivity contribution in [3.05, 3.63) is 133 Å². The lowest BCUT2D eigenvalue weighted by molar-refractivity contribution is 1.17. The number of fused-ring (bicyclic) bond motifs is 16. The zero-order valence-electron chi connectivity index (χ0n) is 25.6. The number of hydrogen-bond donors (Lipinski definition) is 0. The molecule has 6 heteroatoms. The number of rotatable bonds is 0. The van der Waals surface area contributed by atoms with Gasteiger partial charge in [0.15, 0.2) is 0 Å². The van der Waals surface area contributed by atoms with Crippen LogP contribution in [-0.2, 0) is 0 Å². The third-order valence-corrected chi connectivity index (χ3v) is 13.8. The van der Waals surface area contributed by atoms with Crippen molar-refractivity contribution in [2.75, 3.05) is 0 Å². The number of benzene rings is 7. The van der Waals surface area contributed by atoms with E-state index in [9.17, 15) is 0 Å². The van der Waals surface area contributed by atoms with Crippen LogP contribution in [0.1, 0.15) is 0 Å². The average Bonchev–Trinajstić information content (AvgIpc) is 3.66. The molecule has 48 heavy (non-hydrogen) atoms. The molecule has 0 radical (unpaired) electrons. The fourth-order valence-corrected chi connectivity index (χ4v) is 12.0. The molecule has 4 aliphatic heterocycles. The van der Waals surface area contributed by atoms with Crippen molar-refractivity contribution in [1.29, 1.82) is 0 Å². The first kappa shape index (κ1) is 25.0. The summed E-state index contributed by atoms with van der Waals surface area (Å²) in [6.07, 6.45) is 0. The Balaban J connectivity index is 1.24. The van der Waals surface area contributed by atoms with Crippen LogP contribution in [0.3, 0.4) is 0 Å². The van der Waals surface area contributed by atoms with E-state index in [2.05, 4.69) is 143 Å². The van der Waals surface area contributed by atoms with Crippen LogP contribution in [0.5, 0.6) is 0 Å². The van der Waals surface area contributed by atoms with Crippen molar-refractivity contribution < 1.29 is 0 Å². The quantitative estimate of drug-likeness (QED) is 0.176. The van der Waals surface area contributed by atoms with Gasteiger partial charge in [0.25, 0.3) is 0 Å². The number of hydrogen-bond acceptors (Lipinski definition) is 2. The summed E-state index contributed by atoms with van der Waals surface area (Å²) >= 11 is 3.85. The Hall–Kier alpha value is -5.03. The summed E-state index contributed by atoms with van der Waals surface area (Å²) in [7, 11) is 0. The molecule has 13 rings (SSSR count). The summed E-state index contributed by atoms with van der Waals surface area (Å²) in [6.45, 7) is 0.449. The van der Waals surface area contributed by atoms with Gasteiger partial charge in [-0.1, -0.05) is 125 Å². The van der Waals surface area contributed by atoms with Crippen LogP contribution in [0.4, 0.5) is 0 Å². The maximum Gasteiger partial charge on any atom is 0.249 e. The maximum absolute atomic E-state index is 2.64. The van der Waals surface area contributed by atoms with Gasteiger partial charge in [-0.15, -0.1) is 0 Å². The van der Waals surface area contributed by atoms with Gasteiger partial charge in [-0.25, -0.2) is 0 Å². The molecule has 0 bridgehead atoms. The summed E-state index contributed by atoms with van der Waals surface area (Å²) in [5, 5.41) is 5.37. The van der Waals surface area contributed by atoms with Crippen molar-refractivity contribution in [3.8, 4) is 11.4 Å². The van der Waals surface area contributed by atoms with E-state index in [1.54, 1.807) is 0 Å². The minimum Gasteiger partial charge on any atom is -0.310 e. The Morgan fingerprint density at radius 3 is 1.81 bits per heavy atom. The van der Waals surface area contributed by atoms with Gasteiger partial charge in [0.1, 0.15) is 0 Å². The van der Waals surface area contributed by atoms with Crippen molar-refractivity contribution in [1.82, 2.24) is 9.13 Å². The molecule has 0 saturated carbocycles. The van der Waals surface area contributed by atoms with Crippen molar-refractivity contribution in [2.24, 2.45) is 0 Å². The van der Waals surface area contributed by atoms with Gasteiger partial charge in [-0.05, 0) is 64.3 Å². The summed E-state index contributed by atoms with van der Waals surface area (Å²) in [5.74, 6) is 0. The van der Waals surface area contributed by atoms with Crippen LogP contribution in [0.25, 0.3) is 55.0 Å². The second-order valence-electron chi connectivity index (χ2n) is 13.5. The smallest absolute Gasteiger partial charge is 0.249 e. The molecule has 0 spiro atoms. The Kier molecular flexibility index (Phi) is 4.44. The molecule has 0 amide bonds. The lowest BCUT2D eigenvalue weighted by atomic mass is 9.35. The Morgan fingerprint density at radius 2 is 0.979 bits per heavy atom. The number of nitrogens with zero attached hydrogens (tertiary/aromatic N) is 2. The molecule has 2 aromatic heterocycles. The molecule has 6 heterocycles. The van der Waals surface area contributed by atoms with E-state index < -0.39 is 0 Å². The lowest BCUT2D eigenvalue weighted by Gasteiger charge is -2.33. The van der Waals surface area contributed by atoms with Gasteiger partial charge >= 0.3 is 0 Å². The van der Waals surface area contributed by atoms with E-state index in [-0.39, 0.29) is 13.4 Å². The zero-order chi connectivity index (χ0) is 30.8. The highest BCUT2D eigenvalue weighted by atomic mass is 32.2. The largest absolute Gasteiger partial charge is 0.310 e. The average molecular weight is 640 g/mol. The fraction of sp³-hybridized carbons (Fsp3) is 0. The first-order chi connectivity index (χ1) is 23.8. The summed E-state index contributed by atoms with van der Waals surface area (Å²) < 4.78 is 5.23. The van der Waals surface area contributed by atoms with Gasteiger partial charge < -0.3 is 9.13 Å². The molecule has 0 fully saturated rings. The predicted molar refractivity (Wildman–Crippen MR) is 206 cm³/mol.